The lowest BCUT2D eigenvalue weighted by molar-refractivity contribution is -0.121. The van der Waals surface area contributed by atoms with Crippen molar-refractivity contribution in [3.05, 3.63) is 34.2 Å². The fraction of sp³-hybridized carbons (Fsp3) is 0.450. The zero-order valence-electron chi connectivity index (χ0n) is 16.6. The van der Waals surface area contributed by atoms with E-state index in [1.54, 1.807) is 11.1 Å². The molecule has 1 aliphatic rings. The molecule has 0 spiro atoms. The van der Waals surface area contributed by atoms with Crippen molar-refractivity contribution in [2.45, 2.75) is 33.6 Å². The van der Waals surface area contributed by atoms with E-state index in [-0.39, 0.29) is 33.5 Å². The molecule has 2 aromatic rings. The van der Waals surface area contributed by atoms with Crippen molar-refractivity contribution < 1.29 is 9.18 Å². The van der Waals surface area contributed by atoms with Crippen molar-refractivity contribution in [3.63, 3.8) is 0 Å². The number of nitrogens with zero attached hydrogens (tertiary/aromatic N) is 3. The van der Waals surface area contributed by atoms with E-state index in [1.807, 2.05) is 6.92 Å². The van der Waals surface area contributed by atoms with Gasteiger partial charge in [0.1, 0.15) is 16.8 Å². The third-order valence-corrected chi connectivity index (χ3v) is 5.67. The van der Waals surface area contributed by atoms with Gasteiger partial charge in [-0.3, -0.25) is 15.2 Å². The number of rotatable bonds is 7. The number of hydrogen-bond donors (Lipinski definition) is 2. The van der Waals surface area contributed by atoms with Crippen molar-refractivity contribution in [1.82, 2.24) is 15.4 Å². The van der Waals surface area contributed by atoms with Crippen LogP contribution in [0.15, 0.2) is 18.2 Å². The van der Waals surface area contributed by atoms with Crippen molar-refractivity contribution in [2.24, 2.45) is 11.8 Å². The van der Waals surface area contributed by atoms with Gasteiger partial charge in [0.2, 0.25) is 11.9 Å². The molecular formula is C20H24Cl2FN5O. The molecule has 3 rings (SSSR count). The monoisotopic (exact) mass is 439 g/mol. The average molecular weight is 440 g/mol. The van der Waals surface area contributed by atoms with Crippen LogP contribution in [0.4, 0.5) is 16.2 Å². The highest BCUT2D eigenvalue weighted by Gasteiger charge is 2.30. The van der Waals surface area contributed by atoms with Gasteiger partial charge in [-0.1, -0.05) is 56.5 Å². The van der Waals surface area contributed by atoms with Gasteiger partial charge < -0.3 is 5.32 Å². The third-order valence-electron chi connectivity index (χ3n) is 5.08. The predicted octanol–water partition coefficient (Wildman–Crippen LogP) is 4.92. The van der Waals surface area contributed by atoms with Crippen LogP contribution in [-0.2, 0) is 4.79 Å². The Morgan fingerprint density at radius 1 is 1.34 bits per heavy atom. The summed E-state index contributed by atoms with van der Waals surface area (Å²) in [5.41, 5.74) is 3.18. The van der Waals surface area contributed by atoms with Crippen molar-refractivity contribution in [3.8, 4) is 11.1 Å². The molecule has 156 valence electrons. The normalized spacial score (nSPS) is 17.4. The number of hydrogen-bond acceptors (Lipinski definition) is 5. The molecule has 1 saturated heterocycles. The van der Waals surface area contributed by atoms with Crippen LogP contribution in [0.25, 0.3) is 11.1 Å². The lowest BCUT2D eigenvalue weighted by atomic mass is 10.0. The molecule has 9 heteroatoms. The maximum absolute atomic E-state index is 14.6. The van der Waals surface area contributed by atoms with Gasteiger partial charge in [-0.05, 0) is 24.5 Å². The molecule has 6 nitrogen and oxygen atoms in total. The van der Waals surface area contributed by atoms with Crippen LogP contribution in [0.1, 0.15) is 33.6 Å². The predicted molar refractivity (Wildman–Crippen MR) is 115 cm³/mol. The Kier molecular flexibility index (Phi) is 6.80. The first-order chi connectivity index (χ1) is 13.8. The first-order valence-electron chi connectivity index (χ1n) is 9.65. The van der Waals surface area contributed by atoms with Gasteiger partial charge in [0.25, 0.3) is 0 Å². The van der Waals surface area contributed by atoms with Gasteiger partial charge in [0.05, 0.1) is 23.0 Å². The Labute approximate surface area is 179 Å². The second-order valence-corrected chi connectivity index (χ2v) is 8.12. The molecule has 2 atom stereocenters. The van der Waals surface area contributed by atoms with E-state index in [9.17, 15) is 9.18 Å². The minimum Gasteiger partial charge on any atom is -0.369 e. The number of nitrogens with one attached hydrogen (secondary N) is 2. The van der Waals surface area contributed by atoms with Crippen LogP contribution in [0.3, 0.4) is 0 Å². The molecule has 2 N–H and O–H groups in total. The summed E-state index contributed by atoms with van der Waals surface area (Å²) in [6.07, 6.45) is 1.97. The lowest BCUT2D eigenvalue weighted by Gasteiger charge is -2.20. The van der Waals surface area contributed by atoms with Crippen LogP contribution in [0.2, 0.25) is 10.2 Å². The highest BCUT2D eigenvalue weighted by atomic mass is 35.5. The Morgan fingerprint density at radius 2 is 2.10 bits per heavy atom. The van der Waals surface area contributed by atoms with Gasteiger partial charge in [-0.2, -0.15) is 9.97 Å². The van der Waals surface area contributed by atoms with Crippen molar-refractivity contribution in [2.75, 3.05) is 23.4 Å². The fourth-order valence-electron chi connectivity index (χ4n) is 3.05. The molecular weight excluding hydrogens is 416 g/mol. The molecule has 2 heterocycles. The number of halogens is 3. The van der Waals surface area contributed by atoms with E-state index < -0.39 is 5.82 Å². The number of anilines is 2. The number of hydrazine groups is 1. The number of carbonyl (C=O) groups is 1. The zero-order valence-corrected chi connectivity index (χ0v) is 18.1. The van der Waals surface area contributed by atoms with E-state index in [2.05, 4.69) is 34.6 Å². The van der Waals surface area contributed by atoms with E-state index in [4.69, 9.17) is 23.2 Å². The summed E-state index contributed by atoms with van der Waals surface area (Å²) in [7, 11) is 0. The fourth-order valence-corrected chi connectivity index (χ4v) is 3.56. The number of benzene rings is 1. The van der Waals surface area contributed by atoms with Crippen LogP contribution in [0.5, 0.6) is 0 Å². The smallest absolute Gasteiger partial charge is 0.247 e. The molecule has 1 aromatic heterocycles. The number of carbonyl (C=O) groups excluding carboxylic acids is 1. The van der Waals surface area contributed by atoms with Gasteiger partial charge >= 0.3 is 0 Å². The minimum absolute atomic E-state index is 0.0573. The molecule has 0 saturated carbocycles. The minimum atomic E-state index is -0.510. The first-order valence-corrected chi connectivity index (χ1v) is 10.4. The van der Waals surface area contributed by atoms with Crippen LogP contribution in [0, 0.1) is 17.7 Å². The summed E-state index contributed by atoms with van der Waals surface area (Å²) in [6.45, 7) is 7.16. The van der Waals surface area contributed by atoms with Gasteiger partial charge in [0, 0.05) is 12.1 Å². The number of amides is 1. The molecule has 29 heavy (non-hydrogen) atoms. The van der Waals surface area contributed by atoms with Gasteiger partial charge in [0.15, 0.2) is 0 Å². The summed E-state index contributed by atoms with van der Waals surface area (Å²) in [5, 5.41) is 5.08. The summed E-state index contributed by atoms with van der Waals surface area (Å²) < 4.78 is 14.6. The summed E-state index contributed by atoms with van der Waals surface area (Å²) in [6, 6.07) is 4.44. The summed E-state index contributed by atoms with van der Waals surface area (Å²) in [5.74, 6) is 0.332. The third kappa shape index (κ3) is 4.73. The molecule has 0 aliphatic carbocycles. The number of aromatic nitrogens is 2. The quantitative estimate of drug-likeness (QED) is 0.598. The molecule has 1 aromatic carbocycles. The largest absolute Gasteiger partial charge is 0.369 e. The maximum Gasteiger partial charge on any atom is 0.247 e. The van der Waals surface area contributed by atoms with Gasteiger partial charge in [-0.25, -0.2) is 4.39 Å². The van der Waals surface area contributed by atoms with E-state index in [1.165, 1.54) is 12.1 Å². The molecule has 1 aliphatic heterocycles. The Balaban J connectivity index is 2.03. The van der Waals surface area contributed by atoms with Crippen LogP contribution < -0.4 is 15.8 Å². The molecule has 1 fully saturated rings. The Bertz CT molecular complexity index is 890. The molecule has 0 bridgehead atoms. The van der Waals surface area contributed by atoms with E-state index in [0.717, 1.165) is 12.8 Å². The Morgan fingerprint density at radius 3 is 2.72 bits per heavy atom. The second kappa shape index (κ2) is 9.13. The summed E-state index contributed by atoms with van der Waals surface area (Å²) >= 11 is 12.7. The Hall–Kier alpha value is -2.12. The van der Waals surface area contributed by atoms with E-state index >= 15 is 0 Å². The highest BCUT2D eigenvalue weighted by Crippen LogP contribution is 2.40. The molecule has 0 radical (unpaired) electrons. The topological polar surface area (TPSA) is 70.2 Å². The van der Waals surface area contributed by atoms with Crippen LogP contribution >= 0.6 is 23.2 Å². The van der Waals surface area contributed by atoms with Gasteiger partial charge in [-0.15, -0.1) is 0 Å². The van der Waals surface area contributed by atoms with Crippen molar-refractivity contribution >= 4 is 40.9 Å². The van der Waals surface area contributed by atoms with E-state index in [0.29, 0.717) is 30.4 Å². The van der Waals surface area contributed by atoms with Crippen LogP contribution in [-0.4, -0.2) is 29.0 Å². The average Bonchev–Trinajstić information content (AvgIpc) is 3.01. The lowest BCUT2D eigenvalue weighted by Crippen LogP contribution is -2.34. The SMILES string of the molecule is CCC(C)CCNc1nc(N2CC(C)C(=O)N2)nc(Cl)c1-c1c(F)cccc1Cl. The molecule has 2 unspecified atom stereocenters. The highest BCUT2D eigenvalue weighted by molar-refractivity contribution is 6.36. The maximum atomic E-state index is 14.6. The second-order valence-electron chi connectivity index (χ2n) is 7.35. The summed E-state index contributed by atoms with van der Waals surface area (Å²) in [4.78, 5) is 20.7. The van der Waals surface area contributed by atoms with Crippen molar-refractivity contribution in [1.29, 1.82) is 0 Å². The molecule has 1 amide bonds. The zero-order chi connectivity index (χ0) is 21.1. The standard InChI is InChI=1S/C20H24Cl2FN5O/c1-4-11(2)8-9-24-18-16(15-13(21)6-5-7-14(15)23)17(22)25-20(26-18)28-10-12(3)19(29)27-28/h5-7,11-12H,4,8-10H2,1-3H3,(H,27,29)(H,24,25,26). The first kappa shape index (κ1) is 21.6.